The van der Waals surface area contributed by atoms with Gasteiger partial charge in [0, 0.05) is 13.0 Å². The summed E-state index contributed by atoms with van der Waals surface area (Å²) in [7, 11) is 0. The molecule has 1 aliphatic carbocycles. The normalized spacial score (nSPS) is 36.2. The van der Waals surface area contributed by atoms with Crippen molar-refractivity contribution in [2.45, 2.75) is 58.4 Å². The molecule has 2 atom stereocenters. The van der Waals surface area contributed by atoms with Gasteiger partial charge in [0.2, 0.25) is 11.8 Å². The Bertz CT molecular complexity index is 378. The van der Waals surface area contributed by atoms with Crippen LogP contribution in [-0.2, 0) is 9.59 Å². The van der Waals surface area contributed by atoms with Crippen molar-refractivity contribution in [2.75, 3.05) is 6.54 Å². The van der Waals surface area contributed by atoms with Crippen molar-refractivity contribution in [3.05, 3.63) is 0 Å². The largest absolute Gasteiger partial charge is 0.328 e. The summed E-state index contributed by atoms with van der Waals surface area (Å²) in [6.07, 6.45) is 4.26. The fourth-order valence-corrected chi connectivity index (χ4v) is 3.54. The van der Waals surface area contributed by atoms with Crippen molar-refractivity contribution in [3.63, 3.8) is 0 Å². The predicted molar refractivity (Wildman–Crippen MR) is 69.7 cm³/mol. The van der Waals surface area contributed by atoms with Gasteiger partial charge >= 0.3 is 0 Å². The molecule has 0 aromatic heterocycles. The van der Waals surface area contributed by atoms with Gasteiger partial charge in [0.25, 0.3) is 0 Å². The minimum Gasteiger partial charge on any atom is -0.328 e. The molecule has 0 aromatic rings. The van der Waals surface area contributed by atoms with Gasteiger partial charge in [-0.05, 0) is 18.8 Å². The molecule has 2 unspecified atom stereocenters. The van der Waals surface area contributed by atoms with Crippen LogP contribution in [0.5, 0.6) is 0 Å². The first kappa shape index (κ1) is 13.5. The summed E-state index contributed by atoms with van der Waals surface area (Å²) >= 11 is 0. The number of amides is 2. The fraction of sp³-hybridized carbons (Fsp3) is 0.857. The maximum Gasteiger partial charge on any atom is 0.235 e. The van der Waals surface area contributed by atoms with Gasteiger partial charge < -0.3 is 5.73 Å². The van der Waals surface area contributed by atoms with Gasteiger partial charge in [-0.25, -0.2) is 0 Å². The Hall–Kier alpha value is -0.900. The third-order valence-electron chi connectivity index (χ3n) is 4.55. The van der Waals surface area contributed by atoms with E-state index in [2.05, 4.69) is 6.92 Å². The molecular formula is C14H24N2O2. The summed E-state index contributed by atoms with van der Waals surface area (Å²) in [6, 6.07) is 0. The number of nitrogens with zero attached hydrogens (tertiary/aromatic N) is 1. The molecule has 2 aliphatic rings. The van der Waals surface area contributed by atoms with E-state index in [1.807, 2.05) is 13.8 Å². The first-order chi connectivity index (χ1) is 8.32. The number of nitrogens with two attached hydrogens (primary N) is 1. The van der Waals surface area contributed by atoms with Gasteiger partial charge in [0.1, 0.15) is 0 Å². The molecule has 4 heteroatoms. The molecule has 1 saturated carbocycles. The zero-order valence-electron chi connectivity index (χ0n) is 11.7. The highest BCUT2D eigenvalue weighted by atomic mass is 16.2. The van der Waals surface area contributed by atoms with Crippen molar-refractivity contribution in [2.24, 2.45) is 17.1 Å². The maximum absolute atomic E-state index is 12.5. The van der Waals surface area contributed by atoms with Crippen molar-refractivity contribution in [3.8, 4) is 0 Å². The van der Waals surface area contributed by atoms with Gasteiger partial charge in [-0.2, -0.15) is 0 Å². The predicted octanol–water partition coefficient (Wildman–Crippen LogP) is 1.68. The lowest BCUT2D eigenvalue weighted by molar-refractivity contribution is -0.150. The quantitative estimate of drug-likeness (QED) is 0.760. The number of hydrogen-bond acceptors (Lipinski definition) is 3. The monoisotopic (exact) mass is 252 g/mol. The van der Waals surface area contributed by atoms with Crippen LogP contribution >= 0.6 is 0 Å². The Morgan fingerprint density at radius 3 is 2.50 bits per heavy atom. The van der Waals surface area contributed by atoms with Crippen molar-refractivity contribution in [1.29, 1.82) is 0 Å². The van der Waals surface area contributed by atoms with E-state index in [1.54, 1.807) is 0 Å². The average Bonchev–Trinajstić information content (AvgIpc) is 2.48. The molecular weight excluding hydrogens is 228 g/mol. The first-order valence-electron chi connectivity index (χ1n) is 6.90. The van der Waals surface area contributed by atoms with Crippen LogP contribution in [0.15, 0.2) is 0 Å². The van der Waals surface area contributed by atoms with Crippen LogP contribution in [-0.4, -0.2) is 28.8 Å². The number of imide groups is 1. The van der Waals surface area contributed by atoms with E-state index in [9.17, 15) is 9.59 Å². The third-order valence-corrected chi connectivity index (χ3v) is 4.55. The molecule has 0 spiro atoms. The number of rotatable bonds is 2. The Balaban J connectivity index is 2.33. The average molecular weight is 252 g/mol. The van der Waals surface area contributed by atoms with Crippen molar-refractivity contribution < 1.29 is 9.59 Å². The van der Waals surface area contributed by atoms with Crippen LogP contribution in [0.3, 0.4) is 0 Å². The third kappa shape index (κ3) is 1.96. The smallest absolute Gasteiger partial charge is 0.235 e. The van der Waals surface area contributed by atoms with E-state index in [4.69, 9.17) is 5.73 Å². The van der Waals surface area contributed by atoms with Gasteiger partial charge in [-0.3, -0.25) is 14.5 Å². The van der Waals surface area contributed by atoms with Crippen LogP contribution in [0, 0.1) is 11.3 Å². The number of carbonyl (C=O) groups is 2. The lowest BCUT2D eigenvalue weighted by Crippen LogP contribution is -2.58. The summed E-state index contributed by atoms with van der Waals surface area (Å²) in [5, 5.41) is 0. The molecule has 1 heterocycles. The van der Waals surface area contributed by atoms with E-state index in [-0.39, 0.29) is 11.8 Å². The lowest BCUT2D eigenvalue weighted by atomic mass is 9.75. The van der Waals surface area contributed by atoms with Crippen LogP contribution < -0.4 is 5.73 Å². The standard InChI is InChI=1S/C14H24N2O2/c1-10-5-4-6-14(7-10,9-15)16-11(17)8-13(2,3)12(16)18/h10H,4-9,15H2,1-3H3. The fourth-order valence-electron chi connectivity index (χ4n) is 3.54. The molecule has 2 fully saturated rings. The molecule has 2 N–H and O–H groups in total. The molecule has 1 saturated heterocycles. The van der Waals surface area contributed by atoms with Gasteiger partial charge in [0.15, 0.2) is 0 Å². The second kappa shape index (κ2) is 4.34. The lowest BCUT2D eigenvalue weighted by Gasteiger charge is -2.45. The van der Waals surface area contributed by atoms with Gasteiger partial charge in [0.05, 0.1) is 11.0 Å². The summed E-state index contributed by atoms with van der Waals surface area (Å²) in [5.41, 5.74) is 4.97. The molecule has 4 nitrogen and oxygen atoms in total. The zero-order chi connectivity index (χ0) is 13.6. The second-order valence-corrected chi connectivity index (χ2v) is 6.72. The van der Waals surface area contributed by atoms with Crippen LogP contribution in [0.4, 0.5) is 0 Å². The van der Waals surface area contributed by atoms with Crippen LogP contribution in [0.25, 0.3) is 0 Å². The summed E-state index contributed by atoms with van der Waals surface area (Å²) in [5.74, 6) is 0.461. The molecule has 1 aliphatic heterocycles. The molecule has 0 bridgehead atoms. The highest BCUT2D eigenvalue weighted by Crippen LogP contribution is 2.43. The van der Waals surface area contributed by atoms with Gasteiger partial charge in [-0.1, -0.05) is 33.6 Å². The molecule has 0 aromatic carbocycles. The number of hydrogen-bond donors (Lipinski definition) is 1. The summed E-state index contributed by atoms with van der Waals surface area (Å²) in [6.45, 7) is 6.28. The van der Waals surface area contributed by atoms with E-state index < -0.39 is 11.0 Å². The number of carbonyl (C=O) groups excluding carboxylic acids is 2. The van der Waals surface area contributed by atoms with Crippen molar-refractivity contribution >= 4 is 11.8 Å². The van der Waals surface area contributed by atoms with Crippen LogP contribution in [0.2, 0.25) is 0 Å². The summed E-state index contributed by atoms with van der Waals surface area (Å²) in [4.78, 5) is 26.2. The van der Waals surface area contributed by atoms with Crippen molar-refractivity contribution in [1.82, 2.24) is 4.90 Å². The topological polar surface area (TPSA) is 63.4 Å². The molecule has 2 amide bonds. The Morgan fingerprint density at radius 1 is 1.39 bits per heavy atom. The minimum atomic E-state index is -0.556. The van der Waals surface area contributed by atoms with Gasteiger partial charge in [-0.15, -0.1) is 0 Å². The maximum atomic E-state index is 12.5. The Kier molecular flexibility index (Phi) is 3.26. The van der Waals surface area contributed by atoms with Crippen LogP contribution in [0.1, 0.15) is 52.9 Å². The minimum absolute atomic E-state index is 0.0351. The second-order valence-electron chi connectivity index (χ2n) is 6.72. The molecule has 102 valence electrons. The molecule has 0 radical (unpaired) electrons. The highest BCUT2D eigenvalue weighted by molar-refractivity contribution is 6.06. The SMILES string of the molecule is CC1CCCC(CN)(N2C(=O)CC(C)(C)C2=O)C1. The molecule has 2 rings (SSSR count). The van der Waals surface area contributed by atoms with E-state index in [1.165, 1.54) is 11.3 Å². The summed E-state index contributed by atoms with van der Waals surface area (Å²) < 4.78 is 0. The highest BCUT2D eigenvalue weighted by Gasteiger charge is 2.53. The first-order valence-corrected chi connectivity index (χ1v) is 6.90. The number of likely N-dealkylation sites (tertiary alicyclic amines) is 1. The van der Waals surface area contributed by atoms with E-state index in [0.717, 1.165) is 19.3 Å². The zero-order valence-corrected chi connectivity index (χ0v) is 11.7. The Labute approximate surface area is 109 Å². The Morgan fingerprint density at radius 2 is 2.06 bits per heavy atom. The van der Waals surface area contributed by atoms with E-state index >= 15 is 0 Å². The molecule has 18 heavy (non-hydrogen) atoms. The van der Waals surface area contributed by atoms with E-state index in [0.29, 0.717) is 18.9 Å².